The van der Waals surface area contributed by atoms with Crippen molar-refractivity contribution in [2.24, 2.45) is 11.8 Å². The van der Waals surface area contributed by atoms with Crippen LogP contribution in [0.5, 0.6) is 28.7 Å². The number of fused-ring (bicyclic) bond motifs is 1. The van der Waals surface area contributed by atoms with E-state index in [4.69, 9.17) is 28.4 Å². The number of cyclic esters (lactones) is 1. The predicted molar refractivity (Wildman–Crippen MR) is 105 cm³/mol. The fourth-order valence-electron chi connectivity index (χ4n) is 4.00. The summed E-state index contributed by atoms with van der Waals surface area (Å²) in [5.74, 6) is 1.26. The Balaban J connectivity index is 1.60. The van der Waals surface area contributed by atoms with Crippen LogP contribution >= 0.6 is 0 Å². The van der Waals surface area contributed by atoms with E-state index in [0.717, 1.165) is 5.56 Å². The lowest BCUT2D eigenvalue weighted by atomic mass is 9.83. The molecule has 8 nitrogen and oxygen atoms in total. The van der Waals surface area contributed by atoms with Crippen LogP contribution in [-0.4, -0.2) is 45.8 Å². The predicted octanol–water partition coefficient (Wildman–Crippen LogP) is 2.51. The van der Waals surface area contributed by atoms with Crippen molar-refractivity contribution in [3.05, 3.63) is 41.5 Å². The van der Waals surface area contributed by atoms with Crippen molar-refractivity contribution in [3.63, 3.8) is 0 Å². The van der Waals surface area contributed by atoms with Gasteiger partial charge in [-0.2, -0.15) is 0 Å². The highest BCUT2D eigenvalue weighted by atomic mass is 16.7. The van der Waals surface area contributed by atoms with E-state index >= 15 is 0 Å². The summed E-state index contributed by atoms with van der Waals surface area (Å²) in [6.07, 6.45) is -0.540. The van der Waals surface area contributed by atoms with Crippen LogP contribution in [0.15, 0.2) is 30.3 Å². The lowest BCUT2D eigenvalue weighted by Gasteiger charge is -2.23. The zero-order valence-corrected chi connectivity index (χ0v) is 17.0. The number of benzene rings is 2. The van der Waals surface area contributed by atoms with Crippen molar-refractivity contribution in [2.75, 3.05) is 34.7 Å². The van der Waals surface area contributed by atoms with Gasteiger partial charge in [0.05, 0.1) is 40.0 Å². The van der Waals surface area contributed by atoms with Gasteiger partial charge in [0.25, 0.3) is 0 Å². The van der Waals surface area contributed by atoms with Gasteiger partial charge in [-0.1, -0.05) is 6.07 Å². The zero-order valence-electron chi connectivity index (χ0n) is 17.0. The maximum atomic E-state index is 12.5. The lowest BCUT2D eigenvalue weighted by molar-refractivity contribution is -0.144. The minimum Gasteiger partial charge on any atom is -0.493 e. The first-order valence-corrected chi connectivity index (χ1v) is 9.58. The molecular weight excluding hydrogens is 392 g/mol. The van der Waals surface area contributed by atoms with Crippen LogP contribution in [0.3, 0.4) is 0 Å². The minimum absolute atomic E-state index is 0.201. The molecule has 0 bridgehead atoms. The molecule has 1 saturated heterocycles. The first-order chi connectivity index (χ1) is 14.5. The molecule has 2 aromatic carbocycles. The normalized spacial score (nSPS) is 20.6. The molecule has 0 saturated carbocycles. The van der Waals surface area contributed by atoms with Gasteiger partial charge in [0.2, 0.25) is 12.5 Å². The number of aliphatic hydroxyl groups is 1. The van der Waals surface area contributed by atoms with Crippen molar-refractivity contribution < 1.29 is 38.3 Å². The van der Waals surface area contributed by atoms with Gasteiger partial charge < -0.3 is 33.5 Å². The van der Waals surface area contributed by atoms with Gasteiger partial charge in [-0.25, -0.2) is 0 Å². The van der Waals surface area contributed by atoms with Crippen molar-refractivity contribution in [3.8, 4) is 28.7 Å². The third-order valence-corrected chi connectivity index (χ3v) is 5.52. The summed E-state index contributed by atoms with van der Waals surface area (Å²) >= 11 is 0. The maximum absolute atomic E-state index is 12.5. The molecule has 2 aliphatic heterocycles. The number of rotatable bonds is 7. The Morgan fingerprint density at radius 3 is 2.37 bits per heavy atom. The molecule has 30 heavy (non-hydrogen) atoms. The van der Waals surface area contributed by atoms with Gasteiger partial charge >= 0.3 is 5.97 Å². The molecule has 4 rings (SSSR count). The summed E-state index contributed by atoms with van der Waals surface area (Å²) in [6, 6.07) is 8.97. The number of hydrogen-bond donors (Lipinski definition) is 1. The van der Waals surface area contributed by atoms with E-state index in [-0.39, 0.29) is 19.3 Å². The molecule has 0 aromatic heterocycles. The highest BCUT2D eigenvalue weighted by Gasteiger charge is 2.43. The van der Waals surface area contributed by atoms with Crippen molar-refractivity contribution in [1.29, 1.82) is 0 Å². The van der Waals surface area contributed by atoms with E-state index in [1.807, 2.05) is 18.2 Å². The smallest absolute Gasteiger partial charge is 0.312 e. The molecule has 2 aromatic rings. The molecule has 0 unspecified atom stereocenters. The summed E-state index contributed by atoms with van der Waals surface area (Å²) in [4.78, 5) is 12.5. The molecule has 3 atom stereocenters. The Morgan fingerprint density at radius 2 is 1.70 bits per heavy atom. The van der Waals surface area contributed by atoms with Crippen LogP contribution in [0.2, 0.25) is 0 Å². The maximum Gasteiger partial charge on any atom is 0.312 e. The van der Waals surface area contributed by atoms with Crippen LogP contribution < -0.4 is 23.7 Å². The highest BCUT2D eigenvalue weighted by Crippen LogP contribution is 2.43. The van der Waals surface area contributed by atoms with E-state index in [0.29, 0.717) is 40.7 Å². The topological polar surface area (TPSA) is 92.7 Å². The second kappa shape index (κ2) is 8.31. The van der Waals surface area contributed by atoms with Crippen LogP contribution in [0.1, 0.15) is 17.2 Å². The first kappa shape index (κ1) is 20.2. The zero-order chi connectivity index (χ0) is 21.3. The fourth-order valence-corrected chi connectivity index (χ4v) is 4.00. The lowest BCUT2D eigenvalue weighted by Crippen LogP contribution is -2.25. The van der Waals surface area contributed by atoms with Gasteiger partial charge in [-0.3, -0.25) is 4.79 Å². The Bertz CT molecular complexity index is 916. The number of carbonyl (C=O) groups excluding carboxylic acids is 1. The Kier molecular flexibility index (Phi) is 5.59. The molecule has 0 aliphatic carbocycles. The summed E-state index contributed by atoms with van der Waals surface area (Å²) < 4.78 is 32.1. The van der Waals surface area contributed by atoms with Crippen LogP contribution in [0.25, 0.3) is 0 Å². The fraction of sp³-hybridized carbons (Fsp3) is 0.409. The van der Waals surface area contributed by atoms with E-state index < -0.39 is 18.0 Å². The Labute approximate surface area is 174 Å². The van der Waals surface area contributed by atoms with Gasteiger partial charge in [0.1, 0.15) is 0 Å². The molecule has 1 fully saturated rings. The van der Waals surface area contributed by atoms with E-state index in [9.17, 15) is 9.90 Å². The van der Waals surface area contributed by atoms with Gasteiger partial charge in [0, 0.05) is 5.92 Å². The summed E-state index contributed by atoms with van der Waals surface area (Å²) in [7, 11) is 4.51. The monoisotopic (exact) mass is 416 g/mol. The third-order valence-electron chi connectivity index (χ3n) is 5.52. The van der Waals surface area contributed by atoms with Crippen LogP contribution in [-0.2, 0) is 16.0 Å². The number of esters is 1. The van der Waals surface area contributed by atoms with Gasteiger partial charge in [-0.05, 0) is 41.8 Å². The second-order valence-corrected chi connectivity index (χ2v) is 7.21. The third kappa shape index (κ3) is 3.59. The second-order valence-electron chi connectivity index (χ2n) is 7.21. The average molecular weight is 416 g/mol. The number of aliphatic hydroxyl groups excluding tert-OH is 1. The number of carbonyl (C=O) groups is 1. The molecule has 2 aliphatic rings. The van der Waals surface area contributed by atoms with Crippen LogP contribution in [0, 0.1) is 11.8 Å². The molecule has 2 heterocycles. The molecule has 0 radical (unpaired) electrons. The number of methoxy groups -OCH3 is 3. The van der Waals surface area contributed by atoms with Gasteiger partial charge in [-0.15, -0.1) is 0 Å². The standard InChI is InChI=1S/C22H24O8/c1-25-17-8-13(9-18(26-2)21(17)27-3)20(23)19-14(10-28-22(19)24)6-12-4-5-15-16(7-12)30-11-29-15/h4-5,7-9,14,19-20,23H,6,10-11H2,1-3H3/t14-,19-,20-/m0/s1. The van der Waals surface area contributed by atoms with Gasteiger partial charge in [0.15, 0.2) is 23.0 Å². The molecule has 0 amide bonds. The van der Waals surface area contributed by atoms with Crippen molar-refractivity contribution in [2.45, 2.75) is 12.5 Å². The Morgan fingerprint density at radius 1 is 1.00 bits per heavy atom. The van der Waals surface area contributed by atoms with Crippen LogP contribution in [0.4, 0.5) is 0 Å². The highest BCUT2D eigenvalue weighted by molar-refractivity contribution is 5.76. The summed E-state index contributed by atoms with van der Waals surface area (Å²) in [5.41, 5.74) is 1.47. The van der Waals surface area contributed by atoms with Crippen molar-refractivity contribution >= 4 is 5.97 Å². The molecule has 8 heteroatoms. The largest absolute Gasteiger partial charge is 0.493 e. The quantitative estimate of drug-likeness (QED) is 0.689. The summed E-state index contributed by atoms with van der Waals surface area (Å²) in [6.45, 7) is 0.436. The minimum atomic E-state index is -1.09. The SMILES string of the molecule is COc1cc([C@H](O)[C@H]2C(=O)OC[C@@H]2Cc2ccc3c(c2)OCO3)cc(OC)c1OC. The van der Waals surface area contributed by atoms with Crippen molar-refractivity contribution in [1.82, 2.24) is 0 Å². The van der Waals surface area contributed by atoms with E-state index in [1.165, 1.54) is 21.3 Å². The average Bonchev–Trinajstić information content (AvgIpc) is 3.38. The Hall–Kier alpha value is -3.13. The molecule has 0 spiro atoms. The number of ether oxygens (including phenoxy) is 6. The van der Waals surface area contributed by atoms with E-state index in [1.54, 1.807) is 12.1 Å². The summed E-state index contributed by atoms with van der Waals surface area (Å²) in [5, 5.41) is 11.1. The molecular formula is C22H24O8. The molecule has 160 valence electrons. The molecule has 1 N–H and O–H groups in total. The number of hydrogen-bond acceptors (Lipinski definition) is 8. The van der Waals surface area contributed by atoms with E-state index in [2.05, 4.69) is 0 Å². The first-order valence-electron chi connectivity index (χ1n) is 9.58.